The number of nitrogen functional groups attached to an aromatic ring is 1. The molecular formula is C14H18N4OS2. The second-order valence-electron chi connectivity index (χ2n) is 4.68. The SMILES string of the molecule is CC[C@H](Sc1nnc(N)s1)C(=O)Nc1c(C)cccc1C. The molecule has 1 amide bonds. The molecule has 0 radical (unpaired) electrons. The number of anilines is 2. The molecule has 1 heterocycles. The summed E-state index contributed by atoms with van der Waals surface area (Å²) < 4.78 is 0.719. The monoisotopic (exact) mass is 322 g/mol. The van der Waals surface area contributed by atoms with Crippen LogP contribution in [-0.4, -0.2) is 21.4 Å². The molecule has 2 rings (SSSR count). The standard InChI is InChI=1S/C14H18N4OS2/c1-4-10(20-14-18-17-13(15)21-14)12(19)16-11-8(2)6-5-7-9(11)3/h5-7,10H,4H2,1-3H3,(H2,15,17)(H,16,19)/t10-/m0/s1. The van der Waals surface area contributed by atoms with Crippen LogP contribution in [-0.2, 0) is 4.79 Å². The van der Waals surface area contributed by atoms with Crippen LogP contribution in [0.3, 0.4) is 0 Å². The molecule has 0 aliphatic rings. The Morgan fingerprint density at radius 3 is 2.57 bits per heavy atom. The van der Waals surface area contributed by atoms with Gasteiger partial charge < -0.3 is 11.1 Å². The molecule has 5 nitrogen and oxygen atoms in total. The molecule has 0 saturated heterocycles. The van der Waals surface area contributed by atoms with Crippen molar-refractivity contribution >= 4 is 39.8 Å². The summed E-state index contributed by atoms with van der Waals surface area (Å²) in [5.41, 5.74) is 8.57. The summed E-state index contributed by atoms with van der Waals surface area (Å²) in [4.78, 5) is 12.5. The van der Waals surface area contributed by atoms with Crippen LogP contribution >= 0.6 is 23.1 Å². The van der Waals surface area contributed by atoms with Gasteiger partial charge in [-0.25, -0.2) is 0 Å². The Bertz CT molecular complexity index is 621. The second-order valence-corrected chi connectivity index (χ2v) is 7.14. The van der Waals surface area contributed by atoms with E-state index < -0.39 is 0 Å². The zero-order valence-corrected chi connectivity index (χ0v) is 13.8. The van der Waals surface area contributed by atoms with E-state index in [-0.39, 0.29) is 11.2 Å². The number of rotatable bonds is 5. The lowest BCUT2D eigenvalue weighted by atomic mass is 10.1. The number of thioether (sulfide) groups is 1. The number of hydrogen-bond donors (Lipinski definition) is 2. The Kier molecular flexibility index (Phi) is 5.19. The molecule has 0 aliphatic heterocycles. The van der Waals surface area contributed by atoms with E-state index in [1.165, 1.54) is 23.1 Å². The fraction of sp³-hybridized carbons (Fsp3) is 0.357. The minimum atomic E-state index is -0.212. The number of amides is 1. The number of carbonyl (C=O) groups excluding carboxylic acids is 1. The molecule has 0 aliphatic carbocycles. The zero-order chi connectivity index (χ0) is 15.4. The van der Waals surface area contributed by atoms with Crippen LogP contribution in [0.4, 0.5) is 10.8 Å². The molecule has 21 heavy (non-hydrogen) atoms. The fourth-order valence-corrected chi connectivity index (χ4v) is 3.73. The van der Waals surface area contributed by atoms with Gasteiger partial charge in [0.05, 0.1) is 5.25 Å². The second kappa shape index (κ2) is 6.91. The topological polar surface area (TPSA) is 80.9 Å². The van der Waals surface area contributed by atoms with Gasteiger partial charge >= 0.3 is 0 Å². The maximum atomic E-state index is 12.5. The maximum Gasteiger partial charge on any atom is 0.237 e. The molecular weight excluding hydrogens is 304 g/mol. The Morgan fingerprint density at radius 2 is 2.05 bits per heavy atom. The molecule has 7 heteroatoms. The van der Waals surface area contributed by atoms with Gasteiger partial charge in [-0.2, -0.15) is 0 Å². The van der Waals surface area contributed by atoms with Gasteiger partial charge in [0, 0.05) is 5.69 Å². The third-order valence-electron chi connectivity index (χ3n) is 3.06. The first-order valence-electron chi connectivity index (χ1n) is 6.64. The summed E-state index contributed by atoms with van der Waals surface area (Å²) in [5, 5.41) is 11.0. The summed E-state index contributed by atoms with van der Waals surface area (Å²) >= 11 is 2.70. The third kappa shape index (κ3) is 3.95. The molecule has 1 aromatic carbocycles. The Balaban J connectivity index is 2.10. The average Bonchev–Trinajstić information content (AvgIpc) is 2.85. The molecule has 0 saturated carbocycles. The molecule has 0 bridgehead atoms. The molecule has 112 valence electrons. The minimum absolute atomic E-state index is 0.0197. The van der Waals surface area contributed by atoms with Gasteiger partial charge in [0.15, 0.2) is 4.34 Å². The van der Waals surface area contributed by atoms with Crippen LogP contribution in [0.15, 0.2) is 22.5 Å². The van der Waals surface area contributed by atoms with Crippen molar-refractivity contribution in [2.45, 2.75) is 36.8 Å². The van der Waals surface area contributed by atoms with Gasteiger partial charge in [0.1, 0.15) is 0 Å². The number of carbonyl (C=O) groups is 1. The highest BCUT2D eigenvalue weighted by Gasteiger charge is 2.21. The van der Waals surface area contributed by atoms with Crippen molar-refractivity contribution in [1.29, 1.82) is 0 Å². The summed E-state index contributed by atoms with van der Waals surface area (Å²) in [6, 6.07) is 5.96. The molecule has 3 N–H and O–H groups in total. The van der Waals surface area contributed by atoms with Crippen LogP contribution in [0, 0.1) is 13.8 Å². The van der Waals surface area contributed by atoms with Crippen molar-refractivity contribution in [2.75, 3.05) is 11.1 Å². The molecule has 2 aromatic rings. The molecule has 1 aromatic heterocycles. The van der Waals surface area contributed by atoms with Crippen molar-refractivity contribution in [3.8, 4) is 0 Å². The predicted octanol–water partition coefficient (Wildman–Crippen LogP) is 3.25. The first-order chi connectivity index (χ1) is 10.0. The van der Waals surface area contributed by atoms with Crippen LogP contribution in [0.1, 0.15) is 24.5 Å². The number of nitrogens with zero attached hydrogens (tertiary/aromatic N) is 2. The van der Waals surface area contributed by atoms with E-state index in [4.69, 9.17) is 5.73 Å². The Hall–Kier alpha value is -1.60. The van der Waals surface area contributed by atoms with E-state index in [0.29, 0.717) is 11.6 Å². The van der Waals surface area contributed by atoms with Crippen molar-refractivity contribution in [1.82, 2.24) is 10.2 Å². The molecule has 1 atom stereocenters. The van der Waals surface area contributed by atoms with Crippen LogP contribution in [0.2, 0.25) is 0 Å². The molecule has 0 fully saturated rings. The van der Waals surface area contributed by atoms with Crippen molar-refractivity contribution in [2.24, 2.45) is 0 Å². The first-order valence-corrected chi connectivity index (χ1v) is 8.33. The summed E-state index contributed by atoms with van der Waals surface area (Å²) in [5.74, 6) is -0.0197. The third-order valence-corrected chi connectivity index (χ3v) is 5.26. The summed E-state index contributed by atoms with van der Waals surface area (Å²) in [7, 11) is 0. The summed E-state index contributed by atoms with van der Waals surface area (Å²) in [6.45, 7) is 5.96. The number of aryl methyl sites for hydroxylation is 2. The Labute approximate surface area is 132 Å². The predicted molar refractivity (Wildman–Crippen MR) is 88.8 cm³/mol. The lowest BCUT2D eigenvalue weighted by Crippen LogP contribution is -2.25. The smallest absolute Gasteiger partial charge is 0.237 e. The van der Waals surface area contributed by atoms with E-state index >= 15 is 0 Å². The highest BCUT2D eigenvalue weighted by atomic mass is 32.2. The number of aromatic nitrogens is 2. The van der Waals surface area contributed by atoms with Gasteiger partial charge in [-0.1, -0.05) is 48.2 Å². The van der Waals surface area contributed by atoms with Gasteiger partial charge in [0.25, 0.3) is 0 Å². The normalized spacial score (nSPS) is 12.1. The van der Waals surface area contributed by atoms with Crippen molar-refractivity contribution in [3.63, 3.8) is 0 Å². The van der Waals surface area contributed by atoms with Gasteiger partial charge in [-0.3, -0.25) is 4.79 Å². The van der Waals surface area contributed by atoms with E-state index in [1.807, 2.05) is 39.0 Å². The lowest BCUT2D eigenvalue weighted by molar-refractivity contribution is -0.115. The van der Waals surface area contributed by atoms with Gasteiger partial charge in [-0.15, -0.1) is 10.2 Å². The van der Waals surface area contributed by atoms with Crippen molar-refractivity contribution in [3.05, 3.63) is 29.3 Å². The van der Waals surface area contributed by atoms with Crippen LogP contribution < -0.4 is 11.1 Å². The first kappa shape index (κ1) is 15.8. The van der Waals surface area contributed by atoms with Crippen LogP contribution in [0.5, 0.6) is 0 Å². The molecule has 0 unspecified atom stereocenters. The van der Waals surface area contributed by atoms with E-state index in [2.05, 4.69) is 15.5 Å². The number of benzene rings is 1. The number of hydrogen-bond acceptors (Lipinski definition) is 6. The lowest BCUT2D eigenvalue weighted by Gasteiger charge is -2.16. The number of nitrogens with two attached hydrogens (primary N) is 1. The summed E-state index contributed by atoms with van der Waals surface area (Å²) in [6.07, 6.45) is 0.709. The minimum Gasteiger partial charge on any atom is -0.374 e. The number of nitrogens with one attached hydrogen (secondary N) is 1. The fourth-order valence-electron chi connectivity index (χ4n) is 1.93. The average molecular weight is 322 g/mol. The zero-order valence-electron chi connectivity index (χ0n) is 12.2. The Morgan fingerprint density at radius 1 is 1.38 bits per heavy atom. The highest BCUT2D eigenvalue weighted by molar-refractivity contribution is 8.02. The van der Waals surface area contributed by atoms with Gasteiger partial charge in [0.2, 0.25) is 11.0 Å². The highest BCUT2D eigenvalue weighted by Crippen LogP contribution is 2.30. The van der Waals surface area contributed by atoms with Crippen molar-refractivity contribution < 1.29 is 4.79 Å². The maximum absolute atomic E-state index is 12.5. The van der Waals surface area contributed by atoms with E-state index in [0.717, 1.165) is 21.2 Å². The van der Waals surface area contributed by atoms with Crippen LogP contribution in [0.25, 0.3) is 0 Å². The number of para-hydroxylation sites is 1. The largest absolute Gasteiger partial charge is 0.374 e. The quantitative estimate of drug-likeness (QED) is 0.826. The molecule has 0 spiro atoms. The van der Waals surface area contributed by atoms with Gasteiger partial charge in [-0.05, 0) is 31.4 Å². The van der Waals surface area contributed by atoms with E-state index in [9.17, 15) is 4.79 Å². The van der Waals surface area contributed by atoms with E-state index in [1.54, 1.807) is 0 Å².